The van der Waals surface area contributed by atoms with Crippen LogP contribution < -0.4 is 0 Å². The molecule has 0 bridgehead atoms. The highest BCUT2D eigenvalue weighted by Gasteiger charge is 2.23. The maximum atomic E-state index is 6.56. The fraction of sp³-hybridized carbons (Fsp3) is 0. The third-order valence-corrected chi connectivity index (χ3v) is 11.6. The largest absolute Gasteiger partial charge is 0.452 e. The molecular weight excluding hydrogens is 761 g/mol. The summed E-state index contributed by atoms with van der Waals surface area (Å²) in [6.45, 7) is 0. The quantitative estimate of drug-likeness (QED) is 0.160. The average molecular weight is 795 g/mol. The highest BCUT2D eigenvalue weighted by molar-refractivity contribution is 6.09. The molecule has 0 saturated carbocycles. The van der Waals surface area contributed by atoms with Gasteiger partial charge in [0.05, 0.1) is 0 Å². The molecule has 0 spiro atoms. The highest BCUT2D eigenvalue weighted by atomic mass is 16.3. The van der Waals surface area contributed by atoms with E-state index in [9.17, 15) is 0 Å². The van der Waals surface area contributed by atoms with Gasteiger partial charge >= 0.3 is 0 Å². The Morgan fingerprint density at radius 2 is 0.629 bits per heavy atom. The number of hydrogen-bond acceptors (Lipinski definition) is 6. The molecule has 0 aliphatic heterocycles. The smallest absolute Gasteiger partial charge is 0.180 e. The molecule has 0 saturated heterocycles. The van der Waals surface area contributed by atoms with Crippen molar-refractivity contribution in [1.29, 1.82) is 0 Å². The molecule has 0 N–H and O–H groups in total. The second kappa shape index (κ2) is 14.7. The van der Waals surface area contributed by atoms with Crippen molar-refractivity contribution < 1.29 is 8.83 Å². The van der Waals surface area contributed by atoms with Crippen molar-refractivity contribution in [2.75, 3.05) is 0 Å². The Morgan fingerprint density at radius 1 is 0.274 bits per heavy atom. The van der Waals surface area contributed by atoms with Crippen LogP contribution in [0.15, 0.2) is 215 Å². The molecule has 12 aromatic rings. The Kier molecular flexibility index (Phi) is 8.38. The lowest BCUT2D eigenvalue weighted by Crippen LogP contribution is -1.98. The van der Waals surface area contributed by atoms with Crippen molar-refractivity contribution >= 4 is 44.1 Å². The number of nitrogens with zero attached hydrogens (tertiary/aromatic N) is 4. The van der Waals surface area contributed by atoms with Crippen molar-refractivity contribution in [2.24, 2.45) is 0 Å². The molecule has 0 aliphatic rings. The summed E-state index contributed by atoms with van der Waals surface area (Å²) in [6.07, 6.45) is 0. The predicted octanol–water partition coefficient (Wildman–Crippen LogP) is 14.7. The maximum Gasteiger partial charge on any atom is 0.180 e. The molecule has 12 rings (SSSR count). The number of hydrogen-bond donors (Lipinski definition) is 0. The Hall–Kier alpha value is -8.48. The summed E-state index contributed by atoms with van der Waals surface area (Å²) in [5.41, 5.74) is 15.8. The van der Waals surface area contributed by atoms with Gasteiger partial charge in [0, 0.05) is 33.0 Å². The number of para-hydroxylation sites is 2. The number of furan rings is 2. The van der Waals surface area contributed by atoms with Gasteiger partial charge in [-0.2, -0.15) is 0 Å². The molecule has 0 radical (unpaired) electrons. The molecule has 0 aliphatic carbocycles. The van der Waals surface area contributed by atoms with E-state index in [4.69, 9.17) is 28.8 Å². The minimum absolute atomic E-state index is 0.588. The first-order valence-electron chi connectivity index (χ1n) is 20.6. The monoisotopic (exact) mass is 794 g/mol. The SMILES string of the molecule is c1ccc(-c2cccc(-c3nc(-c4ccccc4-c4ccccc4-c4nc(-c5cccc(-c6ccccc6)c5)c5oc6ccccc6c5n4)nc4c3oc3ccccc34)c2)cc1. The van der Waals surface area contributed by atoms with Gasteiger partial charge in [-0.25, -0.2) is 19.9 Å². The van der Waals surface area contributed by atoms with Crippen LogP contribution in [0.3, 0.4) is 0 Å². The molecule has 4 heterocycles. The fourth-order valence-electron chi connectivity index (χ4n) is 8.59. The summed E-state index contributed by atoms with van der Waals surface area (Å²) in [6, 6.07) is 70.4. The zero-order valence-corrected chi connectivity index (χ0v) is 33.2. The molecule has 0 unspecified atom stereocenters. The average Bonchev–Trinajstić information content (AvgIpc) is 3.93. The Morgan fingerprint density at radius 3 is 1.08 bits per heavy atom. The van der Waals surface area contributed by atoms with E-state index >= 15 is 0 Å². The van der Waals surface area contributed by atoms with Crippen LogP contribution in [0.1, 0.15) is 0 Å². The molecule has 0 atom stereocenters. The van der Waals surface area contributed by atoms with E-state index in [1.54, 1.807) is 0 Å². The first-order chi connectivity index (χ1) is 30.7. The van der Waals surface area contributed by atoms with Gasteiger partial charge in [-0.05, 0) is 69.8 Å². The Labute approximate surface area is 356 Å². The Bertz CT molecular complexity index is 3410. The molecular formula is C56H34N4O2. The molecule has 290 valence electrons. The van der Waals surface area contributed by atoms with Crippen LogP contribution in [0.4, 0.5) is 0 Å². The Balaban J connectivity index is 1.06. The molecule has 6 nitrogen and oxygen atoms in total. The van der Waals surface area contributed by atoms with Crippen LogP contribution >= 0.6 is 0 Å². The minimum Gasteiger partial charge on any atom is -0.452 e. The van der Waals surface area contributed by atoms with E-state index in [0.29, 0.717) is 22.8 Å². The van der Waals surface area contributed by atoms with Gasteiger partial charge in [0.15, 0.2) is 22.8 Å². The van der Waals surface area contributed by atoms with Gasteiger partial charge in [0.1, 0.15) is 33.6 Å². The zero-order chi connectivity index (χ0) is 41.0. The van der Waals surface area contributed by atoms with E-state index in [0.717, 1.165) is 100.0 Å². The summed E-state index contributed by atoms with van der Waals surface area (Å²) in [4.78, 5) is 21.3. The van der Waals surface area contributed by atoms with Crippen molar-refractivity contribution in [2.45, 2.75) is 0 Å². The second-order valence-electron chi connectivity index (χ2n) is 15.3. The van der Waals surface area contributed by atoms with E-state index in [-0.39, 0.29) is 0 Å². The fourth-order valence-corrected chi connectivity index (χ4v) is 8.59. The molecule has 8 aromatic carbocycles. The molecule has 6 heteroatoms. The van der Waals surface area contributed by atoms with E-state index in [1.165, 1.54) is 0 Å². The number of fused-ring (bicyclic) bond motifs is 6. The van der Waals surface area contributed by atoms with Gasteiger partial charge in [0.2, 0.25) is 0 Å². The van der Waals surface area contributed by atoms with Gasteiger partial charge < -0.3 is 8.83 Å². The summed E-state index contributed by atoms with van der Waals surface area (Å²) >= 11 is 0. The molecule has 4 aromatic heterocycles. The van der Waals surface area contributed by atoms with Crippen LogP contribution in [-0.2, 0) is 0 Å². The lowest BCUT2D eigenvalue weighted by molar-refractivity contribution is 0.667. The highest BCUT2D eigenvalue weighted by Crippen LogP contribution is 2.42. The van der Waals surface area contributed by atoms with Crippen LogP contribution in [0.25, 0.3) is 123 Å². The third-order valence-electron chi connectivity index (χ3n) is 11.6. The van der Waals surface area contributed by atoms with Crippen LogP contribution in [0, 0.1) is 0 Å². The van der Waals surface area contributed by atoms with Crippen molar-refractivity contribution in [3.63, 3.8) is 0 Å². The number of rotatable bonds is 7. The summed E-state index contributed by atoms with van der Waals surface area (Å²) in [7, 11) is 0. The maximum absolute atomic E-state index is 6.56. The number of aromatic nitrogens is 4. The van der Waals surface area contributed by atoms with E-state index < -0.39 is 0 Å². The van der Waals surface area contributed by atoms with Crippen molar-refractivity contribution in [1.82, 2.24) is 19.9 Å². The lowest BCUT2D eigenvalue weighted by Gasteiger charge is -2.15. The first kappa shape index (κ1) is 35.5. The lowest BCUT2D eigenvalue weighted by atomic mass is 9.94. The van der Waals surface area contributed by atoms with Crippen LogP contribution in [0.2, 0.25) is 0 Å². The van der Waals surface area contributed by atoms with Gasteiger partial charge in [-0.1, -0.05) is 170 Å². The number of benzene rings is 8. The zero-order valence-electron chi connectivity index (χ0n) is 33.2. The summed E-state index contributed by atoms with van der Waals surface area (Å²) < 4.78 is 13.1. The van der Waals surface area contributed by atoms with Crippen molar-refractivity contribution in [3.8, 4) is 78.7 Å². The van der Waals surface area contributed by atoms with Crippen molar-refractivity contribution in [3.05, 3.63) is 206 Å². The third kappa shape index (κ3) is 6.04. The van der Waals surface area contributed by atoms with Gasteiger partial charge in [0.25, 0.3) is 0 Å². The normalized spacial score (nSPS) is 11.5. The standard InChI is InChI=1S/C56H34N4O2/c1-3-17-35(18-4-1)37-21-15-23-39(33-37)49-53-51(45-29-11-13-31-47(45)61-53)59-55(57-49)43-27-9-7-25-41(43)42-26-8-10-28-44(42)56-58-50(54-52(60-56)46-30-12-14-32-48(46)62-54)40-24-16-22-38(34-40)36-19-5-2-6-20-36/h1-34H. The summed E-state index contributed by atoms with van der Waals surface area (Å²) in [5.74, 6) is 1.18. The topological polar surface area (TPSA) is 77.8 Å². The molecule has 0 fully saturated rings. The molecule has 0 amide bonds. The van der Waals surface area contributed by atoms with Gasteiger partial charge in [-0.15, -0.1) is 0 Å². The van der Waals surface area contributed by atoms with E-state index in [2.05, 4.69) is 146 Å². The van der Waals surface area contributed by atoms with Crippen LogP contribution in [-0.4, -0.2) is 19.9 Å². The van der Waals surface area contributed by atoms with E-state index in [1.807, 2.05) is 60.7 Å². The van der Waals surface area contributed by atoms with Crippen LogP contribution in [0.5, 0.6) is 0 Å². The second-order valence-corrected chi connectivity index (χ2v) is 15.3. The van der Waals surface area contributed by atoms with Gasteiger partial charge in [-0.3, -0.25) is 0 Å². The first-order valence-corrected chi connectivity index (χ1v) is 20.6. The predicted molar refractivity (Wildman–Crippen MR) is 250 cm³/mol. The summed E-state index contributed by atoms with van der Waals surface area (Å²) in [5, 5.41) is 1.87. The molecule has 62 heavy (non-hydrogen) atoms. The minimum atomic E-state index is 0.588.